The minimum absolute atomic E-state index is 0.110. The molecular weight excluding hydrogens is 272 g/mol. The van der Waals surface area contributed by atoms with Crippen LogP contribution in [0.15, 0.2) is 22.8 Å². The summed E-state index contributed by atoms with van der Waals surface area (Å²) in [5.41, 5.74) is 0. The number of furan rings is 1. The lowest BCUT2D eigenvalue weighted by atomic mass is 10.1. The number of nitrogens with one attached hydrogen (secondary N) is 1. The minimum Gasteiger partial charge on any atom is -0.467 e. The summed E-state index contributed by atoms with van der Waals surface area (Å²) in [6.45, 7) is 2.89. The molecule has 0 bridgehead atoms. The van der Waals surface area contributed by atoms with Gasteiger partial charge in [0.05, 0.1) is 25.5 Å². The van der Waals surface area contributed by atoms with Crippen molar-refractivity contribution in [3.8, 4) is 0 Å². The number of likely N-dealkylation sites (tertiary alicyclic amines) is 1. The molecule has 0 aromatic carbocycles. The molecule has 0 radical (unpaired) electrons. The Morgan fingerprint density at radius 2 is 2.24 bits per heavy atom. The second kappa shape index (κ2) is 8.81. The number of hydrogen-bond donors (Lipinski definition) is 2. The highest BCUT2D eigenvalue weighted by Crippen LogP contribution is 2.08. The number of hydrogen-bond acceptors (Lipinski definition) is 5. The Balaban J connectivity index is 1.52. The molecule has 2 N–H and O–H groups in total. The van der Waals surface area contributed by atoms with E-state index in [9.17, 15) is 9.90 Å². The predicted octanol–water partition coefficient (Wildman–Crippen LogP) is 0.759. The highest BCUT2D eigenvalue weighted by molar-refractivity contribution is 5.78. The molecule has 2 heterocycles. The normalized spacial score (nSPS) is 16.9. The van der Waals surface area contributed by atoms with E-state index in [2.05, 4.69) is 5.32 Å². The number of aliphatic hydroxyl groups is 1. The van der Waals surface area contributed by atoms with Gasteiger partial charge in [-0.15, -0.1) is 0 Å². The Morgan fingerprint density at radius 3 is 2.95 bits per heavy atom. The smallest absolute Gasteiger partial charge is 0.236 e. The van der Waals surface area contributed by atoms with Gasteiger partial charge in [-0.1, -0.05) is 0 Å². The maximum atomic E-state index is 11.9. The third-order valence-electron chi connectivity index (χ3n) is 3.50. The van der Waals surface area contributed by atoms with Crippen LogP contribution < -0.4 is 5.32 Å². The number of carbonyl (C=O) groups is 1. The third kappa shape index (κ3) is 5.87. The second-order valence-electron chi connectivity index (χ2n) is 5.32. The number of piperidine rings is 1. The molecule has 1 aliphatic rings. The Kier molecular flexibility index (Phi) is 6.72. The van der Waals surface area contributed by atoms with E-state index in [1.54, 1.807) is 12.3 Å². The van der Waals surface area contributed by atoms with E-state index in [1.165, 1.54) is 6.42 Å². The van der Waals surface area contributed by atoms with Crippen molar-refractivity contribution in [2.24, 2.45) is 0 Å². The first-order valence-corrected chi connectivity index (χ1v) is 7.52. The van der Waals surface area contributed by atoms with Crippen LogP contribution in [0.3, 0.4) is 0 Å². The van der Waals surface area contributed by atoms with Crippen LogP contribution in [0.25, 0.3) is 0 Å². The van der Waals surface area contributed by atoms with Gasteiger partial charge in [0.1, 0.15) is 12.4 Å². The van der Waals surface area contributed by atoms with Gasteiger partial charge in [-0.25, -0.2) is 0 Å². The fraction of sp³-hybridized carbons (Fsp3) is 0.667. The lowest BCUT2D eigenvalue weighted by Gasteiger charge is -2.27. The van der Waals surface area contributed by atoms with Crippen molar-refractivity contribution in [3.05, 3.63) is 24.2 Å². The van der Waals surface area contributed by atoms with E-state index >= 15 is 0 Å². The molecule has 1 aromatic heterocycles. The maximum Gasteiger partial charge on any atom is 0.236 e. The Hall–Kier alpha value is -1.37. The Labute approximate surface area is 125 Å². The van der Waals surface area contributed by atoms with Crippen molar-refractivity contribution in [2.45, 2.75) is 32.0 Å². The van der Waals surface area contributed by atoms with Crippen molar-refractivity contribution in [3.63, 3.8) is 0 Å². The molecule has 118 valence electrons. The zero-order chi connectivity index (χ0) is 14.9. The predicted molar refractivity (Wildman–Crippen MR) is 77.7 cm³/mol. The average molecular weight is 296 g/mol. The first-order valence-electron chi connectivity index (χ1n) is 7.52. The Bertz CT molecular complexity index is 402. The van der Waals surface area contributed by atoms with Crippen LogP contribution in [0.1, 0.15) is 25.0 Å². The zero-order valence-corrected chi connectivity index (χ0v) is 12.3. The van der Waals surface area contributed by atoms with E-state index in [0.717, 1.165) is 31.7 Å². The summed E-state index contributed by atoms with van der Waals surface area (Å²) in [6, 6.07) is 3.62. The molecule has 1 unspecified atom stereocenters. The molecule has 1 aromatic rings. The first kappa shape index (κ1) is 16.0. The van der Waals surface area contributed by atoms with Crippen molar-refractivity contribution in [1.82, 2.24) is 10.2 Å². The summed E-state index contributed by atoms with van der Waals surface area (Å²) in [5, 5.41) is 12.7. The summed E-state index contributed by atoms with van der Waals surface area (Å²) < 4.78 is 10.5. The highest BCUT2D eigenvalue weighted by atomic mass is 16.5. The quantitative estimate of drug-likeness (QED) is 0.741. The third-order valence-corrected chi connectivity index (χ3v) is 3.50. The van der Waals surface area contributed by atoms with Gasteiger partial charge in [0.2, 0.25) is 5.91 Å². The minimum atomic E-state index is -0.630. The number of carbonyl (C=O) groups excluding carboxylic acids is 1. The van der Waals surface area contributed by atoms with Crippen LogP contribution in [0, 0.1) is 0 Å². The fourth-order valence-electron chi connectivity index (χ4n) is 2.35. The summed E-state index contributed by atoms with van der Waals surface area (Å²) in [6.07, 6.45) is 4.35. The molecule has 1 amide bonds. The molecule has 21 heavy (non-hydrogen) atoms. The van der Waals surface area contributed by atoms with E-state index in [1.807, 2.05) is 11.0 Å². The molecule has 1 atom stereocenters. The molecule has 0 spiro atoms. The lowest BCUT2D eigenvalue weighted by Crippen LogP contribution is -2.43. The monoisotopic (exact) mass is 296 g/mol. The van der Waals surface area contributed by atoms with E-state index in [4.69, 9.17) is 9.15 Å². The van der Waals surface area contributed by atoms with Crippen molar-refractivity contribution in [1.29, 1.82) is 0 Å². The Morgan fingerprint density at radius 1 is 1.43 bits per heavy atom. The van der Waals surface area contributed by atoms with E-state index < -0.39 is 6.10 Å². The maximum absolute atomic E-state index is 11.9. The number of amides is 1. The fourth-order valence-corrected chi connectivity index (χ4v) is 2.35. The van der Waals surface area contributed by atoms with Crippen LogP contribution in [-0.2, 0) is 16.1 Å². The zero-order valence-electron chi connectivity index (χ0n) is 12.3. The molecule has 0 saturated carbocycles. The summed E-state index contributed by atoms with van der Waals surface area (Å²) in [5.74, 6) is 0.842. The van der Waals surface area contributed by atoms with Gasteiger partial charge in [0, 0.05) is 19.6 Å². The first-order chi connectivity index (χ1) is 10.3. The van der Waals surface area contributed by atoms with Gasteiger partial charge in [-0.3, -0.25) is 4.79 Å². The molecule has 2 rings (SSSR count). The van der Waals surface area contributed by atoms with Crippen molar-refractivity contribution in [2.75, 3.05) is 32.8 Å². The van der Waals surface area contributed by atoms with E-state index in [0.29, 0.717) is 13.2 Å². The molecule has 1 fully saturated rings. The van der Waals surface area contributed by atoms with Gasteiger partial charge in [0.25, 0.3) is 0 Å². The molecule has 6 heteroatoms. The molecule has 1 saturated heterocycles. The van der Waals surface area contributed by atoms with Crippen molar-refractivity contribution < 1.29 is 19.1 Å². The summed E-state index contributed by atoms with van der Waals surface area (Å²) in [4.78, 5) is 13.8. The van der Waals surface area contributed by atoms with Crippen LogP contribution in [0.4, 0.5) is 0 Å². The topological polar surface area (TPSA) is 74.9 Å². The molecule has 1 aliphatic heterocycles. The van der Waals surface area contributed by atoms with Crippen LogP contribution in [0.5, 0.6) is 0 Å². The van der Waals surface area contributed by atoms with Gasteiger partial charge in [0.15, 0.2) is 0 Å². The van der Waals surface area contributed by atoms with Gasteiger partial charge >= 0.3 is 0 Å². The molecule has 0 aliphatic carbocycles. The highest BCUT2D eigenvalue weighted by Gasteiger charge is 2.16. The van der Waals surface area contributed by atoms with Crippen molar-refractivity contribution >= 4 is 5.91 Å². The van der Waals surface area contributed by atoms with Gasteiger partial charge in [-0.2, -0.15) is 0 Å². The van der Waals surface area contributed by atoms with Crippen LogP contribution in [0.2, 0.25) is 0 Å². The number of ether oxygens (including phenoxy) is 1. The second-order valence-corrected chi connectivity index (χ2v) is 5.32. The number of aliphatic hydroxyl groups excluding tert-OH is 1. The standard InChI is InChI=1S/C15H24N2O4/c18-13(11-20-12-14-5-4-8-21-14)9-16-10-15(19)17-6-2-1-3-7-17/h4-5,8,13,16,18H,1-3,6-7,9-12H2. The summed E-state index contributed by atoms with van der Waals surface area (Å²) >= 11 is 0. The average Bonchev–Trinajstić information content (AvgIpc) is 3.01. The van der Waals surface area contributed by atoms with Crippen LogP contribution in [-0.4, -0.2) is 54.8 Å². The van der Waals surface area contributed by atoms with E-state index in [-0.39, 0.29) is 19.1 Å². The molecule has 6 nitrogen and oxygen atoms in total. The number of rotatable bonds is 8. The summed E-state index contributed by atoms with van der Waals surface area (Å²) in [7, 11) is 0. The van der Waals surface area contributed by atoms with Crippen LogP contribution >= 0.6 is 0 Å². The largest absolute Gasteiger partial charge is 0.467 e. The molecular formula is C15H24N2O4. The SMILES string of the molecule is O=C(CNCC(O)COCc1ccco1)N1CCCCC1. The van der Waals surface area contributed by atoms with Gasteiger partial charge < -0.3 is 24.5 Å². The van der Waals surface area contributed by atoms with Gasteiger partial charge in [-0.05, 0) is 31.4 Å². The lowest BCUT2D eigenvalue weighted by molar-refractivity contribution is -0.131. The number of nitrogens with zero attached hydrogens (tertiary/aromatic N) is 1.